The minimum Gasteiger partial charge on any atom is -0.490 e. The van der Waals surface area contributed by atoms with Crippen LogP contribution in [0.25, 0.3) is 0 Å². The first kappa shape index (κ1) is 15.7. The van der Waals surface area contributed by atoms with E-state index < -0.39 is 6.10 Å². The smallest absolute Gasteiger partial charge is 0.125 e. The molecule has 1 fully saturated rings. The predicted molar refractivity (Wildman–Crippen MR) is 85.7 cm³/mol. The maximum atomic E-state index is 9.97. The van der Waals surface area contributed by atoms with E-state index in [0.717, 1.165) is 29.3 Å². The largest absolute Gasteiger partial charge is 0.490 e. The van der Waals surface area contributed by atoms with Crippen molar-refractivity contribution in [1.82, 2.24) is 5.32 Å². The van der Waals surface area contributed by atoms with Gasteiger partial charge < -0.3 is 15.2 Å². The van der Waals surface area contributed by atoms with Crippen LogP contribution in [0.1, 0.15) is 17.5 Å². The van der Waals surface area contributed by atoms with Crippen LogP contribution in [0.3, 0.4) is 0 Å². The molecule has 1 aromatic rings. The van der Waals surface area contributed by atoms with Gasteiger partial charge in [-0.3, -0.25) is 0 Å². The fourth-order valence-electron chi connectivity index (χ4n) is 2.46. The summed E-state index contributed by atoms with van der Waals surface area (Å²) in [6.07, 6.45) is 0.843. The number of ether oxygens (including phenoxy) is 1. The number of aryl methyl sites for hydroxylation is 2. The summed E-state index contributed by atoms with van der Waals surface area (Å²) in [5.74, 6) is 4.21. The molecule has 112 valence electrons. The van der Waals surface area contributed by atoms with Gasteiger partial charge in [-0.25, -0.2) is 0 Å². The fourth-order valence-corrected chi connectivity index (χ4v) is 3.75. The Balaban J connectivity index is 1.68. The highest BCUT2D eigenvalue weighted by Gasteiger charge is 2.15. The van der Waals surface area contributed by atoms with Crippen molar-refractivity contribution in [2.45, 2.75) is 26.4 Å². The molecule has 0 aromatic heterocycles. The Morgan fingerprint density at radius 3 is 2.80 bits per heavy atom. The summed E-state index contributed by atoms with van der Waals surface area (Å²) in [7, 11) is 0. The zero-order valence-corrected chi connectivity index (χ0v) is 13.2. The van der Waals surface area contributed by atoms with Crippen LogP contribution in [0.15, 0.2) is 18.2 Å². The number of thioether (sulfide) groups is 1. The predicted octanol–water partition coefficient (Wildman–Crippen LogP) is 2.39. The van der Waals surface area contributed by atoms with Crippen LogP contribution >= 0.6 is 11.8 Å². The zero-order chi connectivity index (χ0) is 14.4. The molecule has 1 aliphatic rings. The van der Waals surface area contributed by atoms with Crippen LogP contribution < -0.4 is 10.1 Å². The van der Waals surface area contributed by atoms with Crippen molar-refractivity contribution in [3.05, 3.63) is 29.3 Å². The monoisotopic (exact) mass is 295 g/mol. The van der Waals surface area contributed by atoms with E-state index in [9.17, 15) is 5.11 Å². The van der Waals surface area contributed by atoms with Crippen LogP contribution in [0.2, 0.25) is 0 Å². The molecule has 0 radical (unpaired) electrons. The van der Waals surface area contributed by atoms with E-state index in [0.29, 0.717) is 13.2 Å². The molecule has 0 saturated carbocycles. The molecule has 20 heavy (non-hydrogen) atoms. The van der Waals surface area contributed by atoms with Gasteiger partial charge >= 0.3 is 0 Å². The Morgan fingerprint density at radius 2 is 2.15 bits per heavy atom. The first-order valence-corrected chi connectivity index (χ1v) is 8.48. The molecule has 1 aromatic carbocycles. The summed E-state index contributed by atoms with van der Waals surface area (Å²) in [6.45, 7) is 6.02. The molecular weight excluding hydrogens is 270 g/mol. The molecule has 1 heterocycles. The lowest BCUT2D eigenvalue weighted by atomic mass is 10.1. The lowest BCUT2D eigenvalue weighted by Crippen LogP contribution is -2.34. The summed E-state index contributed by atoms with van der Waals surface area (Å²) in [6, 6.07) is 6.09. The van der Waals surface area contributed by atoms with Crippen molar-refractivity contribution in [1.29, 1.82) is 0 Å². The number of aliphatic hydroxyl groups excluding tert-OH is 1. The fraction of sp³-hybridized carbons (Fsp3) is 0.625. The number of hydrogen-bond donors (Lipinski definition) is 2. The van der Waals surface area contributed by atoms with Crippen molar-refractivity contribution in [2.24, 2.45) is 5.92 Å². The highest BCUT2D eigenvalue weighted by atomic mass is 32.2. The number of aliphatic hydroxyl groups is 1. The van der Waals surface area contributed by atoms with Gasteiger partial charge in [-0.05, 0) is 55.4 Å². The molecule has 3 nitrogen and oxygen atoms in total. The van der Waals surface area contributed by atoms with Crippen LogP contribution in [0.4, 0.5) is 0 Å². The lowest BCUT2D eigenvalue weighted by molar-refractivity contribution is 0.105. The maximum Gasteiger partial charge on any atom is 0.125 e. The van der Waals surface area contributed by atoms with Crippen LogP contribution in [0.5, 0.6) is 5.75 Å². The van der Waals surface area contributed by atoms with Crippen LogP contribution in [0, 0.1) is 19.8 Å². The number of hydrogen-bond acceptors (Lipinski definition) is 4. The number of rotatable bonds is 7. The highest BCUT2D eigenvalue weighted by Crippen LogP contribution is 2.23. The molecule has 0 aliphatic carbocycles. The van der Waals surface area contributed by atoms with E-state index in [1.165, 1.54) is 17.9 Å². The van der Waals surface area contributed by atoms with E-state index in [2.05, 4.69) is 5.32 Å². The summed E-state index contributed by atoms with van der Waals surface area (Å²) < 4.78 is 5.76. The molecule has 1 saturated heterocycles. The van der Waals surface area contributed by atoms with Crippen molar-refractivity contribution >= 4 is 11.8 Å². The third-order valence-electron chi connectivity index (χ3n) is 3.67. The van der Waals surface area contributed by atoms with Crippen LogP contribution in [-0.2, 0) is 0 Å². The zero-order valence-electron chi connectivity index (χ0n) is 12.4. The van der Waals surface area contributed by atoms with E-state index >= 15 is 0 Å². The Kier molecular flexibility index (Phi) is 6.20. The topological polar surface area (TPSA) is 41.5 Å². The van der Waals surface area contributed by atoms with E-state index in [1.807, 2.05) is 43.8 Å². The first-order chi connectivity index (χ1) is 9.66. The second-order valence-electron chi connectivity index (χ2n) is 5.57. The highest BCUT2D eigenvalue weighted by molar-refractivity contribution is 7.99. The molecular formula is C16H25NO2S. The number of nitrogens with one attached hydrogen (secondary N) is 1. The molecule has 0 spiro atoms. The van der Waals surface area contributed by atoms with E-state index in [1.54, 1.807) is 0 Å². The van der Waals surface area contributed by atoms with Crippen molar-refractivity contribution in [3.63, 3.8) is 0 Å². The third kappa shape index (κ3) is 4.69. The van der Waals surface area contributed by atoms with Gasteiger partial charge in [0.15, 0.2) is 0 Å². The molecule has 1 aliphatic heterocycles. The second kappa shape index (κ2) is 7.91. The molecule has 2 unspecified atom stereocenters. The van der Waals surface area contributed by atoms with E-state index in [4.69, 9.17) is 4.74 Å². The molecule has 0 bridgehead atoms. The average molecular weight is 295 g/mol. The van der Waals surface area contributed by atoms with Gasteiger partial charge in [0.2, 0.25) is 0 Å². The first-order valence-electron chi connectivity index (χ1n) is 7.32. The quantitative estimate of drug-likeness (QED) is 0.810. The Morgan fingerprint density at radius 1 is 1.40 bits per heavy atom. The number of para-hydroxylation sites is 1. The van der Waals surface area contributed by atoms with Crippen LogP contribution in [-0.4, -0.2) is 42.4 Å². The van der Waals surface area contributed by atoms with Gasteiger partial charge in [0.05, 0.1) is 0 Å². The van der Waals surface area contributed by atoms with Crippen molar-refractivity contribution in [2.75, 3.05) is 31.2 Å². The summed E-state index contributed by atoms with van der Waals surface area (Å²) in [5.41, 5.74) is 2.24. The Labute approximate surface area is 126 Å². The normalized spacial score (nSPS) is 20.1. The van der Waals surface area contributed by atoms with Crippen molar-refractivity contribution in [3.8, 4) is 5.75 Å². The molecule has 2 N–H and O–H groups in total. The third-order valence-corrected chi connectivity index (χ3v) is 4.90. The van der Waals surface area contributed by atoms with Gasteiger partial charge in [-0.2, -0.15) is 11.8 Å². The molecule has 2 rings (SSSR count). The molecule has 0 amide bonds. The van der Waals surface area contributed by atoms with Gasteiger partial charge in [0.1, 0.15) is 18.5 Å². The minimum atomic E-state index is -0.455. The minimum absolute atomic E-state index is 0.345. The summed E-state index contributed by atoms with van der Waals surface area (Å²) in [4.78, 5) is 0. The Bertz CT molecular complexity index is 399. The average Bonchev–Trinajstić information content (AvgIpc) is 2.91. The van der Waals surface area contributed by atoms with Gasteiger partial charge in [0.25, 0.3) is 0 Å². The maximum absolute atomic E-state index is 9.97. The molecule has 4 heteroatoms. The second-order valence-corrected chi connectivity index (χ2v) is 6.72. The SMILES string of the molecule is Cc1cccc(C)c1OCC(O)CNCC1CCSC1. The Hall–Kier alpha value is -0.710. The van der Waals surface area contributed by atoms with Gasteiger partial charge in [0, 0.05) is 6.54 Å². The van der Waals surface area contributed by atoms with Gasteiger partial charge in [-0.15, -0.1) is 0 Å². The van der Waals surface area contributed by atoms with Gasteiger partial charge in [-0.1, -0.05) is 18.2 Å². The standard InChI is InChI=1S/C16H25NO2S/c1-12-4-3-5-13(2)16(12)19-10-15(18)9-17-8-14-6-7-20-11-14/h3-5,14-15,17-18H,6-11H2,1-2H3. The summed E-state index contributed by atoms with van der Waals surface area (Å²) in [5, 5.41) is 13.3. The molecule has 2 atom stereocenters. The van der Waals surface area contributed by atoms with Crippen molar-refractivity contribution < 1.29 is 9.84 Å². The lowest BCUT2D eigenvalue weighted by Gasteiger charge is -2.17. The summed E-state index contributed by atoms with van der Waals surface area (Å²) >= 11 is 2.02. The number of benzene rings is 1. The van der Waals surface area contributed by atoms with E-state index in [-0.39, 0.29) is 0 Å².